The van der Waals surface area contributed by atoms with Gasteiger partial charge in [-0.3, -0.25) is 10.1 Å². The number of carboxylic acids is 2. The highest BCUT2D eigenvalue weighted by atomic mass is 16.6. The summed E-state index contributed by atoms with van der Waals surface area (Å²) in [5.74, 6) is -2.22. The quantitative estimate of drug-likeness (QED) is 0.418. The Kier molecular flexibility index (Phi) is 7.30. The van der Waals surface area contributed by atoms with Gasteiger partial charge in [0.25, 0.3) is 5.69 Å². The van der Waals surface area contributed by atoms with E-state index in [1.165, 1.54) is 25.1 Å². The number of hydrogen-bond acceptors (Lipinski definition) is 4. The molecule has 0 atom stereocenters. The SMILES string of the molecule is CCC(CC)n1ccc2cc([N+](=O)[O-])ccc21.Cc1c(C(=O)O)cccc1C(=O)O. The van der Waals surface area contributed by atoms with Crippen LogP contribution in [0.2, 0.25) is 0 Å². The average molecular weight is 412 g/mol. The number of hydrogen-bond donors (Lipinski definition) is 2. The van der Waals surface area contributed by atoms with Crippen LogP contribution in [0.4, 0.5) is 5.69 Å². The molecule has 158 valence electrons. The normalized spacial score (nSPS) is 10.5. The van der Waals surface area contributed by atoms with Gasteiger partial charge < -0.3 is 14.8 Å². The number of non-ortho nitro benzene ring substituents is 1. The van der Waals surface area contributed by atoms with Crippen molar-refractivity contribution in [1.29, 1.82) is 0 Å². The number of benzene rings is 2. The Balaban J connectivity index is 0.000000222. The molecular formula is C22H24N2O6. The smallest absolute Gasteiger partial charge is 0.335 e. The highest BCUT2D eigenvalue weighted by Crippen LogP contribution is 2.27. The number of aromatic nitrogens is 1. The van der Waals surface area contributed by atoms with Crippen LogP contribution in [0.25, 0.3) is 10.9 Å². The Morgan fingerprint density at radius 2 is 1.60 bits per heavy atom. The summed E-state index contributed by atoms with van der Waals surface area (Å²) < 4.78 is 2.21. The minimum Gasteiger partial charge on any atom is -0.478 e. The van der Waals surface area contributed by atoms with Gasteiger partial charge in [-0.2, -0.15) is 0 Å². The molecule has 0 aliphatic carbocycles. The summed E-state index contributed by atoms with van der Waals surface area (Å²) >= 11 is 0. The molecule has 30 heavy (non-hydrogen) atoms. The summed E-state index contributed by atoms with van der Waals surface area (Å²) in [6.07, 6.45) is 4.15. The molecule has 0 bridgehead atoms. The van der Waals surface area contributed by atoms with Gasteiger partial charge in [0.05, 0.1) is 16.1 Å². The summed E-state index contributed by atoms with van der Waals surface area (Å²) in [5.41, 5.74) is 1.56. The zero-order chi connectivity index (χ0) is 22.4. The Morgan fingerprint density at radius 1 is 1.03 bits per heavy atom. The van der Waals surface area contributed by atoms with Gasteiger partial charge in [-0.25, -0.2) is 9.59 Å². The van der Waals surface area contributed by atoms with Crippen molar-refractivity contribution in [3.05, 3.63) is 75.5 Å². The molecule has 8 nitrogen and oxygen atoms in total. The molecule has 1 aromatic heterocycles. The van der Waals surface area contributed by atoms with Crippen LogP contribution in [-0.4, -0.2) is 31.6 Å². The van der Waals surface area contributed by atoms with Crippen molar-refractivity contribution in [2.75, 3.05) is 0 Å². The first-order chi connectivity index (χ1) is 14.2. The first-order valence-corrected chi connectivity index (χ1v) is 9.52. The number of carboxylic acid groups (broad SMARTS) is 2. The van der Waals surface area contributed by atoms with Crippen LogP contribution in [0.1, 0.15) is 59.0 Å². The first kappa shape index (κ1) is 22.6. The van der Waals surface area contributed by atoms with Crippen molar-refractivity contribution in [2.24, 2.45) is 0 Å². The zero-order valence-electron chi connectivity index (χ0n) is 17.0. The standard InChI is InChI=1S/C13H16N2O2.C9H8O4/c1-3-11(4-2)14-8-7-10-9-12(15(16)17)5-6-13(10)14;1-5-6(8(10)11)3-2-4-7(5)9(12)13/h5-9,11H,3-4H2,1-2H3;2-4H,1H3,(H,10,11)(H,12,13). The number of nitro groups is 1. The fourth-order valence-electron chi connectivity index (χ4n) is 3.36. The Morgan fingerprint density at radius 3 is 2.07 bits per heavy atom. The number of fused-ring (bicyclic) bond motifs is 1. The third kappa shape index (κ3) is 4.83. The summed E-state index contributed by atoms with van der Waals surface area (Å²) in [7, 11) is 0. The minimum absolute atomic E-state index is 0.0277. The van der Waals surface area contributed by atoms with E-state index in [1.54, 1.807) is 12.1 Å². The predicted molar refractivity (Wildman–Crippen MR) is 113 cm³/mol. The van der Waals surface area contributed by atoms with Crippen LogP contribution in [0.15, 0.2) is 48.7 Å². The van der Waals surface area contributed by atoms with Gasteiger partial charge in [0.15, 0.2) is 0 Å². The highest BCUT2D eigenvalue weighted by Gasteiger charge is 2.14. The molecule has 0 radical (unpaired) electrons. The van der Waals surface area contributed by atoms with Crippen molar-refractivity contribution >= 4 is 28.5 Å². The van der Waals surface area contributed by atoms with E-state index in [0.717, 1.165) is 23.7 Å². The topological polar surface area (TPSA) is 123 Å². The maximum atomic E-state index is 10.7. The van der Waals surface area contributed by atoms with Gasteiger partial charge in [0.2, 0.25) is 0 Å². The van der Waals surface area contributed by atoms with E-state index < -0.39 is 11.9 Å². The van der Waals surface area contributed by atoms with Crippen LogP contribution in [0.5, 0.6) is 0 Å². The second kappa shape index (κ2) is 9.69. The Labute approximate surface area is 173 Å². The van der Waals surface area contributed by atoms with Gasteiger partial charge >= 0.3 is 11.9 Å². The molecule has 0 saturated carbocycles. The molecule has 0 saturated heterocycles. The molecule has 0 unspecified atom stereocenters. The second-order valence-electron chi connectivity index (χ2n) is 6.78. The van der Waals surface area contributed by atoms with Crippen LogP contribution in [0, 0.1) is 17.0 Å². The minimum atomic E-state index is -1.11. The predicted octanol–water partition coefficient (Wildman–Crippen LogP) is 5.30. The summed E-state index contributed by atoms with van der Waals surface area (Å²) in [4.78, 5) is 31.6. The van der Waals surface area contributed by atoms with Crippen molar-refractivity contribution in [3.63, 3.8) is 0 Å². The summed E-state index contributed by atoms with van der Waals surface area (Å²) in [6, 6.07) is 11.6. The van der Waals surface area contributed by atoms with Crippen LogP contribution < -0.4 is 0 Å². The largest absolute Gasteiger partial charge is 0.478 e. The fraction of sp³-hybridized carbons (Fsp3) is 0.273. The third-order valence-electron chi connectivity index (χ3n) is 5.05. The number of nitrogens with zero attached hydrogens (tertiary/aromatic N) is 2. The molecule has 1 heterocycles. The van der Waals surface area contributed by atoms with Gasteiger partial charge in [-0.1, -0.05) is 19.9 Å². The van der Waals surface area contributed by atoms with E-state index in [-0.39, 0.29) is 27.3 Å². The van der Waals surface area contributed by atoms with Crippen molar-refractivity contribution in [2.45, 2.75) is 39.7 Å². The maximum absolute atomic E-state index is 10.7. The molecule has 0 aliphatic rings. The molecule has 8 heteroatoms. The van der Waals surface area contributed by atoms with E-state index in [0.29, 0.717) is 6.04 Å². The molecule has 3 rings (SSSR count). The van der Waals surface area contributed by atoms with Crippen LogP contribution in [-0.2, 0) is 0 Å². The molecule has 0 amide bonds. The molecule has 0 aliphatic heterocycles. The maximum Gasteiger partial charge on any atom is 0.335 e. The molecule has 0 fully saturated rings. The van der Waals surface area contributed by atoms with Crippen molar-refractivity contribution < 1.29 is 24.7 Å². The van der Waals surface area contributed by atoms with Crippen molar-refractivity contribution in [3.8, 4) is 0 Å². The number of rotatable bonds is 6. The van der Waals surface area contributed by atoms with E-state index in [4.69, 9.17) is 10.2 Å². The van der Waals surface area contributed by atoms with Crippen LogP contribution in [0.3, 0.4) is 0 Å². The molecule has 0 spiro atoms. The molecular weight excluding hydrogens is 388 g/mol. The van der Waals surface area contributed by atoms with Gasteiger partial charge in [-0.05, 0) is 49.6 Å². The average Bonchev–Trinajstić information content (AvgIpc) is 3.12. The van der Waals surface area contributed by atoms with E-state index in [9.17, 15) is 19.7 Å². The Hall–Kier alpha value is -3.68. The lowest BCUT2D eigenvalue weighted by Gasteiger charge is -2.16. The van der Waals surface area contributed by atoms with E-state index >= 15 is 0 Å². The lowest BCUT2D eigenvalue weighted by atomic mass is 10.0. The molecule has 3 aromatic rings. The highest BCUT2D eigenvalue weighted by molar-refractivity contribution is 5.96. The number of aromatic carboxylic acids is 2. The third-order valence-corrected chi connectivity index (χ3v) is 5.05. The van der Waals surface area contributed by atoms with Crippen molar-refractivity contribution in [1.82, 2.24) is 4.57 Å². The fourth-order valence-corrected chi connectivity index (χ4v) is 3.36. The van der Waals surface area contributed by atoms with Gasteiger partial charge in [-0.15, -0.1) is 0 Å². The molecule has 2 aromatic carbocycles. The molecule has 2 N–H and O–H groups in total. The monoisotopic (exact) mass is 412 g/mol. The number of nitro benzene ring substituents is 1. The lowest BCUT2D eigenvalue weighted by Crippen LogP contribution is -2.06. The Bertz CT molecular complexity index is 1050. The van der Waals surface area contributed by atoms with Gasteiger partial charge in [0, 0.05) is 35.3 Å². The summed E-state index contributed by atoms with van der Waals surface area (Å²) in [6.45, 7) is 5.80. The lowest BCUT2D eigenvalue weighted by molar-refractivity contribution is -0.384. The number of carbonyl (C=O) groups is 2. The second-order valence-corrected chi connectivity index (χ2v) is 6.78. The van der Waals surface area contributed by atoms with E-state index in [1.807, 2.05) is 18.3 Å². The zero-order valence-corrected chi connectivity index (χ0v) is 17.0. The van der Waals surface area contributed by atoms with Crippen LogP contribution >= 0.6 is 0 Å². The first-order valence-electron chi connectivity index (χ1n) is 9.52. The summed E-state index contributed by atoms with van der Waals surface area (Å²) in [5, 5.41) is 29.0. The van der Waals surface area contributed by atoms with Gasteiger partial charge in [0.1, 0.15) is 0 Å². The van der Waals surface area contributed by atoms with E-state index in [2.05, 4.69) is 18.4 Å².